The molecule has 0 unspecified atom stereocenters. The molecule has 0 radical (unpaired) electrons. The first-order chi connectivity index (χ1) is 7.70. The zero-order valence-electron chi connectivity index (χ0n) is 9.57. The molecule has 88 valence electrons. The summed E-state index contributed by atoms with van der Waals surface area (Å²) in [4.78, 5) is 12.7. The van der Waals surface area contributed by atoms with Crippen LogP contribution in [0.1, 0.15) is 20.3 Å². The lowest BCUT2D eigenvalue weighted by Crippen LogP contribution is -2.25. The lowest BCUT2D eigenvalue weighted by atomic mass is 10.2. The standard InChI is InChI=1S/C12H16ClNO2/c1-3-9-16-11-8-6-5-7-10(11)14(4-2)12(13)15/h5-8H,3-4,9H2,1-2H3. The Kier molecular flexibility index (Phi) is 5.12. The molecule has 0 aliphatic rings. The van der Waals surface area contributed by atoms with Crippen LogP contribution in [0.5, 0.6) is 5.75 Å². The van der Waals surface area contributed by atoms with Crippen molar-refractivity contribution in [1.29, 1.82) is 0 Å². The van der Waals surface area contributed by atoms with Gasteiger partial charge in [-0.05, 0) is 37.1 Å². The average Bonchev–Trinajstić information content (AvgIpc) is 2.28. The Morgan fingerprint density at radius 3 is 2.62 bits per heavy atom. The van der Waals surface area contributed by atoms with Gasteiger partial charge in [-0.2, -0.15) is 0 Å². The highest BCUT2D eigenvalue weighted by Crippen LogP contribution is 2.28. The highest BCUT2D eigenvalue weighted by atomic mass is 35.5. The van der Waals surface area contributed by atoms with Crippen molar-refractivity contribution < 1.29 is 9.53 Å². The molecule has 1 aromatic rings. The average molecular weight is 242 g/mol. The van der Waals surface area contributed by atoms with Crippen LogP contribution in [0.4, 0.5) is 10.5 Å². The quantitative estimate of drug-likeness (QED) is 0.582. The van der Waals surface area contributed by atoms with Crippen LogP contribution in [-0.4, -0.2) is 18.5 Å². The van der Waals surface area contributed by atoms with Crippen LogP contribution in [-0.2, 0) is 0 Å². The first-order valence-electron chi connectivity index (χ1n) is 5.39. The van der Waals surface area contributed by atoms with E-state index in [4.69, 9.17) is 16.3 Å². The summed E-state index contributed by atoms with van der Waals surface area (Å²) in [7, 11) is 0. The molecule has 0 atom stereocenters. The molecule has 0 saturated carbocycles. The Morgan fingerprint density at radius 2 is 2.06 bits per heavy atom. The van der Waals surface area contributed by atoms with Crippen molar-refractivity contribution in [3.05, 3.63) is 24.3 Å². The van der Waals surface area contributed by atoms with Crippen molar-refractivity contribution in [2.24, 2.45) is 0 Å². The third kappa shape index (κ3) is 3.14. The molecule has 3 nitrogen and oxygen atoms in total. The second-order valence-corrected chi connectivity index (χ2v) is 3.64. The van der Waals surface area contributed by atoms with Crippen LogP contribution in [0.15, 0.2) is 24.3 Å². The molecule has 0 bridgehead atoms. The summed E-state index contributed by atoms with van der Waals surface area (Å²) >= 11 is 5.52. The molecule has 1 amide bonds. The number of carbonyl (C=O) groups is 1. The number of para-hydroxylation sites is 2. The van der Waals surface area contributed by atoms with Gasteiger partial charge >= 0.3 is 5.37 Å². The van der Waals surface area contributed by atoms with Crippen LogP contribution in [0.3, 0.4) is 0 Å². The fraction of sp³-hybridized carbons (Fsp3) is 0.417. The fourth-order valence-corrected chi connectivity index (χ4v) is 1.61. The van der Waals surface area contributed by atoms with Crippen molar-refractivity contribution >= 4 is 22.7 Å². The van der Waals surface area contributed by atoms with Crippen LogP contribution >= 0.6 is 11.6 Å². The van der Waals surface area contributed by atoms with Gasteiger partial charge in [-0.1, -0.05) is 19.1 Å². The van der Waals surface area contributed by atoms with Gasteiger partial charge in [0.2, 0.25) is 0 Å². The summed E-state index contributed by atoms with van der Waals surface area (Å²) in [6.45, 7) is 5.06. The second-order valence-electron chi connectivity index (χ2n) is 3.31. The number of hydrogen-bond donors (Lipinski definition) is 0. The number of anilines is 1. The maximum absolute atomic E-state index is 11.2. The van der Waals surface area contributed by atoms with Gasteiger partial charge in [0.1, 0.15) is 5.75 Å². The summed E-state index contributed by atoms with van der Waals surface area (Å²) in [6, 6.07) is 7.40. The van der Waals surface area contributed by atoms with E-state index in [1.165, 1.54) is 4.90 Å². The van der Waals surface area contributed by atoms with E-state index in [0.717, 1.165) is 12.1 Å². The van der Waals surface area contributed by atoms with E-state index in [9.17, 15) is 4.79 Å². The lowest BCUT2D eigenvalue weighted by molar-refractivity contribution is 0.263. The van der Waals surface area contributed by atoms with Gasteiger partial charge in [0.25, 0.3) is 0 Å². The zero-order valence-corrected chi connectivity index (χ0v) is 10.3. The number of nitrogens with zero attached hydrogens (tertiary/aromatic N) is 1. The lowest BCUT2D eigenvalue weighted by Gasteiger charge is -2.20. The largest absolute Gasteiger partial charge is 0.491 e. The zero-order chi connectivity index (χ0) is 12.0. The normalized spacial score (nSPS) is 9.94. The molecule has 4 heteroatoms. The first kappa shape index (κ1) is 12.8. The molecule has 0 fully saturated rings. The molecule has 0 heterocycles. The minimum Gasteiger partial charge on any atom is -0.491 e. The van der Waals surface area contributed by atoms with Gasteiger partial charge in [-0.25, -0.2) is 0 Å². The van der Waals surface area contributed by atoms with E-state index in [0.29, 0.717) is 18.9 Å². The summed E-state index contributed by atoms with van der Waals surface area (Å²) in [6.07, 6.45) is 0.926. The van der Waals surface area contributed by atoms with E-state index >= 15 is 0 Å². The van der Waals surface area contributed by atoms with Crippen molar-refractivity contribution in [2.75, 3.05) is 18.1 Å². The number of ether oxygens (including phenoxy) is 1. The highest BCUT2D eigenvalue weighted by Gasteiger charge is 2.15. The topological polar surface area (TPSA) is 29.5 Å². The molecule has 0 spiro atoms. The van der Waals surface area contributed by atoms with Gasteiger partial charge in [0, 0.05) is 6.54 Å². The van der Waals surface area contributed by atoms with Crippen molar-refractivity contribution in [3.8, 4) is 5.75 Å². The minimum absolute atomic E-state index is 0.491. The Hall–Kier alpha value is -1.22. The van der Waals surface area contributed by atoms with E-state index in [2.05, 4.69) is 0 Å². The van der Waals surface area contributed by atoms with E-state index in [1.54, 1.807) is 0 Å². The summed E-state index contributed by atoms with van der Waals surface area (Å²) in [5.41, 5.74) is 0.721. The molecule has 1 aromatic carbocycles. The van der Waals surface area contributed by atoms with Crippen molar-refractivity contribution in [1.82, 2.24) is 0 Å². The molecule has 0 saturated heterocycles. The Labute approximate surface area is 101 Å². The van der Waals surface area contributed by atoms with Crippen LogP contribution in [0, 0.1) is 0 Å². The molecule has 0 aliphatic carbocycles. The monoisotopic (exact) mass is 241 g/mol. The minimum atomic E-state index is -0.491. The van der Waals surface area contributed by atoms with Gasteiger partial charge in [-0.15, -0.1) is 0 Å². The third-order valence-corrected chi connectivity index (χ3v) is 2.35. The number of halogens is 1. The SMILES string of the molecule is CCCOc1ccccc1N(CC)C(=O)Cl. The van der Waals surface area contributed by atoms with Crippen LogP contribution < -0.4 is 9.64 Å². The molecular weight excluding hydrogens is 226 g/mol. The number of rotatable bonds is 5. The number of amides is 1. The smallest absolute Gasteiger partial charge is 0.320 e. The van der Waals surface area contributed by atoms with Crippen molar-refractivity contribution in [2.45, 2.75) is 20.3 Å². The molecule has 0 aliphatic heterocycles. The number of carbonyl (C=O) groups excluding carboxylic acids is 1. The Morgan fingerprint density at radius 1 is 1.38 bits per heavy atom. The van der Waals surface area contributed by atoms with E-state index < -0.39 is 5.37 Å². The summed E-state index contributed by atoms with van der Waals surface area (Å²) in [5, 5.41) is -0.491. The van der Waals surface area contributed by atoms with Crippen molar-refractivity contribution in [3.63, 3.8) is 0 Å². The highest BCUT2D eigenvalue weighted by molar-refractivity contribution is 6.66. The predicted octanol–water partition coefficient (Wildman–Crippen LogP) is 3.66. The van der Waals surface area contributed by atoms with Crippen LogP contribution in [0.2, 0.25) is 0 Å². The van der Waals surface area contributed by atoms with Gasteiger partial charge in [-0.3, -0.25) is 9.69 Å². The predicted molar refractivity (Wildman–Crippen MR) is 66.5 cm³/mol. The van der Waals surface area contributed by atoms with Crippen LogP contribution in [0.25, 0.3) is 0 Å². The Balaban J connectivity index is 2.96. The Bertz CT molecular complexity index is 355. The second kappa shape index (κ2) is 6.38. The molecule has 1 rings (SSSR count). The van der Waals surface area contributed by atoms with Gasteiger partial charge < -0.3 is 4.74 Å². The number of benzene rings is 1. The van der Waals surface area contributed by atoms with E-state index in [1.807, 2.05) is 38.1 Å². The third-order valence-electron chi connectivity index (χ3n) is 2.15. The maximum atomic E-state index is 11.2. The summed E-state index contributed by atoms with van der Waals surface area (Å²) < 4.78 is 5.57. The van der Waals surface area contributed by atoms with Gasteiger partial charge in [0.15, 0.2) is 0 Å². The maximum Gasteiger partial charge on any atom is 0.320 e. The summed E-state index contributed by atoms with van der Waals surface area (Å²) in [5.74, 6) is 0.695. The van der Waals surface area contributed by atoms with Gasteiger partial charge in [0.05, 0.1) is 12.3 Å². The fourth-order valence-electron chi connectivity index (χ4n) is 1.40. The molecule has 0 N–H and O–H groups in total. The van der Waals surface area contributed by atoms with E-state index in [-0.39, 0.29) is 0 Å². The molecular formula is C12H16ClNO2. The number of hydrogen-bond acceptors (Lipinski definition) is 2. The molecule has 0 aromatic heterocycles. The molecule has 16 heavy (non-hydrogen) atoms. The first-order valence-corrected chi connectivity index (χ1v) is 5.77.